The third-order valence-electron chi connectivity index (χ3n) is 3.27. The van der Waals surface area contributed by atoms with Gasteiger partial charge in [-0.05, 0) is 32.7 Å². The minimum absolute atomic E-state index is 0.349. The molecule has 2 nitrogen and oxygen atoms in total. The molecule has 0 saturated heterocycles. The zero-order valence-electron chi connectivity index (χ0n) is 10.3. The van der Waals surface area contributed by atoms with Crippen LogP contribution in [0.2, 0.25) is 0 Å². The average Bonchev–Trinajstić information content (AvgIpc) is 2.69. The van der Waals surface area contributed by atoms with Crippen LogP contribution in [0.25, 0.3) is 0 Å². The van der Waals surface area contributed by atoms with Gasteiger partial charge in [0.15, 0.2) is 0 Å². The van der Waals surface area contributed by atoms with Gasteiger partial charge in [0.2, 0.25) is 0 Å². The van der Waals surface area contributed by atoms with E-state index >= 15 is 0 Å². The fourth-order valence-electron chi connectivity index (χ4n) is 2.47. The Labute approximate surface area is 96.7 Å². The van der Waals surface area contributed by atoms with Crippen molar-refractivity contribution in [1.29, 1.82) is 0 Å². The molecular weight excluding hydrogens is 206 g/mol. The highest BCUT2D eigenvalue weighted by molar-refractivity contribution is 7.86. The summed E-state index contributed by atoms with van der Waals surface area (Å²) in [4.78, 5) is 0. The van der Waals surface area contributed by atoms with E-state index in [4.69, 9.17) is 0 Å². The van der Waals surface area contributed by atoms with Crippen molar-refractivity contribution < 1.29 is 4.21 Å². The zero-order chi connectivity index (χ0) is 11.3. The van der Waals surface area contributed by atoms with E-state index in [1.165, 1.54) is 25.7 Å². The van der Waals surface area contributed by atoms with Crippen molar-refractivity contribution in [1.82, 2.24) is 5.32 Å². The lowest BCUT2D eigenvalue weighted by Crippen LogP contribution is -2.32. The Hall–Kier alpha value is 0.110. The average molecular weight is 231 g/mol. The fraction of sp³-hybridized carbons (Fsp3) is 1.00. The fourth-order valence-corrected chi connectivity index (χ4v) is 4.41. The lowest BCUT2D eigenvalue weighted by Gasteiger charge is -2.20. The first-order valence-corrected chi connectivity index (χ1v) is 7.55. The van der Waals surface area contributed by atoms with Gasteiger partial charge in [-0.1, -0.05) is 26.7 Å². The molecule has 15 heavy (non-hydrogen) atoms. The van der Waals surface area contributed by atoms with Gasteiger partial charge in [0.1, 0.15) is 0 Å². The van der Waals surface area contributed by atoms with Crippen LogP contribution in [0.1, 0.15) is 52.9 Å². The molecule has 0 radical (unpaired) electrons. The molecule has 0 aromatic heterocycles. The second-order valence-electron chi connectivity index (χ2n) is 4.74. The highest BCUT2D eigenvalue weighted by atomic mass is 32.2. The Morgan fingerprint density at radius 3 is 2.47 bits per heavy atom. The van der Waals surface area contributed by atoms with Gasteiger partial charge < -0.3 is 5.32 Å². The Kier molecular flexibility index (Phi) is 5.83. The maximum absolute atomic E-state index is 12.2. The van der Waals surface area contributed by atoms with Crippen molar-refractivity contribution >= 4 is 10.8 Å². The largest absolute Gasteiger partial charge is 0.314 e. The Morgan fingerprint density at radius 1 is 1.33 bits per heavy atom. The Morgan fingerprint density at radius 2 is 1.93 bits per heavy atom. The molecule has 1 aliphatic carbocycles. The molecule has 3 heteroatoms. The summed E-state index contributed by atoms with van der Waals surface area (Å²) in [5.74, 6) is 0. The summed E-state index contributed by atoms with van der Waals surface area (Å²) in [6.45, 7) is 7.45. The van der Waals surface area contributed by atoms with E-state index in [-0.39, 0.29) is 0 Å². The third kappa shape index (κ3) is 4.23. The Balaban J connectivity index is 2.31. The SMILES string of the molecule is CCNC(C)CC(C)S(=O)C1CCCC1. The molecular formula is C12H25NOS. The van der Waals surface area contributed by atoms with Crippen molar-refractivity contribution in [2.75, 3.05) is 6.54 Å². The van der Waals surface area contributed by atoms with Crippen molar-refractivity contribution in [2.24, 2.45) is 0 Å². The highest BCUT2D eigenvalue weighted by Crippen LogP contribution is 2.25. The summed E-state index contributed by atoms with van der Waals surface area (Å²) >= 11 is 0. The van der Waals surface area contributed by atoms with Gasteiger partial charge in [-0.15, -0.1) is 0 Å². The van der Waals surface area contributed by atoms with Gasteiger partial charge >= 0.3 is 0 Å². The van der Waals surface area contributed by atoms with Crippen molar-refractivity contribution in [2.45, 2.75) is 69.4 Å². The monoisotopic (exact) mass is 231 g/mol. The predicted molar refractivity (Wildman–Crippen MR) is 67.6 cm³/mol. The predicted octanol–water partition coefficient (Wildman–Crippen LogP) is 2.45. The highest BCUT2D eigenvalue weighted by Gasteiger charge is 2.25. The van der Waals surface area contributed by atoms with Gasteiger partial charge in [-0.2, -0.15) is 0 Å². The van der Waals surface area contributed by atoms with Crippen LogP contribution >= 0.6 is 0 Å². The van der Waals surface area contributed by atoms with Crippen LogP contribution in [0, 0.1) is 0 Å². The number of nitrogens with one attached hydrogen (secondary N) is 1. The van der Waals surface area contributed by atoms with Crippen LogP contribution in [0.4, 0.5) is 0 Å². The number of rotatable bonds is 6. The smallest absolute Gasteiger partial charge is 0.0350 e. The quantitative estimate of drug-likeness (QED) is 0.761. The van der Waals surface area contributed by atoms with Gasteiger partial charge in [0.25, 0.3) is 0 Å². The summed E-state index contributed by atoms with van der Waals surface area (Å²) in [5.41, 5.74) is 0. The maximum atomic E-state index is 12.2. The van der Waals surface area contributed by atoms with Crippen molar-refractivity contribution in [3.63, 3.8) is 0 Å². The molecule has 1 fully saturated rings. The van der Waals surface area contributed by atoms with Crippen LogP contribution in [0.3, 0.4) is 0 Å². The summed E-state index contributed by atoms with van der Waals surface area (Å²) in [6.07, 6.45) is 5.98. The standard InChI is InChI=1S/C12H25NOS/c1-4-13-10(2)9-11(3)15(14)12-7-5-6-8-12/h10-13H,4-9H2,1-3H3. The molecule has 1 aliphatic rings. The molecule has 0 aliphatic heterocycles. The summed E-state index contributed by atoms with van der Waals surface area (Å²) in [5, 5.41) is 4.23. The summed E-state index contributed by atoms with van der Waals surface area (Å²) < 4.78 is 12.2. The lowest BCUT2D eigenvalue weighted by atomic mass is 10.2. The van der Waals surface area contributed by atoms with E-state index in [9.17, 15) is 4.21 Å². The first-order valence-electron chi connectivity index (χ1n) is 6.28. The van der Waals surface area contributed by atoms with E-state index in [0.717, 1.165) is 13.0 Å². The van der Waals surface area contributed by atoms with Crippen LogP contribution < -0.4 is 5.32 Å². The molecule has 0 bridgehead atoms. The molecule has 0 aromatic rings. The number of hydrogen-bond acceptors (Lipinski definition) is 2. The molecule has 3 atom stereocenters. The minimum atomic E-state index is -0.604. The van der Waals surface area contributed by atoms with Crippen LogP contribution in [0.15, 0.2) is 0 Å². The molecule has 1 N–H and O–H groups in total. The van der Waals surface area contributed by atoms with E-state index in [1.807, 2.05) is 0 Å². The van der Waals surface area contributed by atoms with Gasteiger partial charge in [-0.25, -0.2) is 0 Å². The molecule has 1 rings (SSSR count). The van der Waals surface area contributed by atoms with E-state index in [1.54, 1.807) is 0 Å². The summed E-state index contributed by atoms with van der Waals surface area (Å²) in [7, 11) is -0.604. The van der Waals surface area contributed by atoms with Crippen molar-refractivity contribution in [3.05, 3.63) is 0 Å². The zero-order valence-corrected chi connectivity index (χ0v) is 11.1. The molecule has 0 heterocycles. The Bertz CT molecular complexity index is 202. The third-order valence-corrected chi connectivity index (χ3v) is 5.38. The molecule has 1 saturated carbocycles. The van der Waals surface area contributed by atoms with Gasteiger partial charge in [-0.3, -0.25) is 4.21 Å². The topological polar surface area (TPSA) is 29.1 Å². The van der Waals surface area contributed by atoms with E-state index in [2.05, 4.69) is 26.1 Å². The van der Waals surface area contributed by atoms with Crippen LogP contribution in [0.5, 0.6) is 0 Å². The lowest BCUT2D eigenvalue weighted by molar-refractivity contribution is 0.522. The maximum Gasteiger partial charge on any atom is 0.0350 e. The molecule has 0 amide bonds. The van der Waals surface area contributed by atoms with E-state index < -0.39 is 10.8 Å². The second-order valence-corrected chi connectivity index (χ2v) is 6.87. The summed E-state index contributed by atoms with van der Waals surface area (Å²) in [6, 6.07) is 0.496. The molecule has 3 unspecified atom stereocenters. The number of hydrogen-bond donors (Lipinski definition) is 1. The van der Waals surface area contributed by atoms with E-state index in [0.29, 0.717) is 16.5 Å². The molecule has 90 valence electrons. The van der Waals surface area contributed by atoms with Crippen molar-refractivity contribution in [3.8, 4) is 0 Å². The van der Waals surface area contributed by atoms with Gasteiger partial charge in [0, 0.05) is 27.3 Å². The first kappa shape index (κ1) is 13.2. The van der Waals surface area contributed by atoms with Crippen LogP contribution in [-0.4, -0.2) is 27.3 Å². The minimum Gasteiger partial charge on any atom is -0.314 e. The second kappa shape index (κ2) is 6.64. The first-order chi connectivity index (χ1) is 7.15. The van der Waals surface area contributed by atoms with Crippen LogP contribution in [-0.2, 0) is 10.8 Å². The molecule has 0 spiro atoms. The normalized spacial score (nSPS) is 23.9. The molecule has 0 aromatic carbocycles. The van der Waals surface area contributed by atoms with Gasteiger partial charge in [0.05, 0.1) is 0 Å².